The van der Waals surface area contributed by atoms with E-state index in [0.717, 1.165) is 0 Å². The number of carbonyl (C=O) groups is 4. The first-order valence-electron chi connectivity index (χ1n) is 16.1. The zero-order valence-electron chi connectivity index (χ0n) is 27.1. The molecular weight excluding hydrogens is 600 g/mol. The Labute approximate surface area is 267 Å². The van der Waals surface area contributed by atoms with Crippen LogP contribution in [0, 0.1) is 28.6 Å². The maximum absolute atomic E-state index is 13.7. The van der Waals surface area contributed by atoms with Crippen molar-refractivity contribution in [2.45, 2.75) is 115 Å². The van der Waals surface area contributed by atoms with Crippen LogP contribution in [-0.2, 0) is 42.9 Å². The van der Waals surface area contributed by atoms with Gasteiger partial charge in [0.25, 0.3) is 0 Å². The molecule has 46 heavy (non-hydrogen) atoms. The molecule has 12 nitrogen and oxygen atoms in total. The minimum Gasteiger partial charge on any atom is -0.472 e. The number of carbonyl (C=O) groups excluding carboxylic acids is 4. The maximum atomic E-state index is 13.7. The van der Waals surface area contributed by atoms with Gasteiger partial charge in [-0.2, -0.15) is 0 Å². The molecule has 2 aliphatic carbocycles. The van der Waals surface area contributed by atoms with E-state index in [1.165, 1.54) is 19.5 Å². The smallest absolute Gasteiger partial charge is 0.335 e. The van der Waals surface area contributed by atoms with Gasteiger partial charge in [0, 0.05) is 30.1 Å². The number of cyclic esters (lactones) is 1. The number of furan rings is 1. The van der Waals surface area contributed by atoms with Crippen LogP contribution in [0.2, 0.25) is 0 Å². The molecule has 13 unspecified atom stereocenters. The summed E-state index contributed by atoms with van der Waals surface area (Å²) in [6.45, 7) is 14.5. The molecule has 0 radical (unpaired) electrons. The number of hydrogen-bond acceptors (Lipinski definition) is 12. The van der Waals surface area contributed by atoms with Gasteiger partial charge >= 0.3 is 23.9 Å². The summed E-state index contributed by atoms with van der Waals surface area (Å²) < 4.78 is 35.6. The van der Waals surface area contributed by atoms with Crippen LogP contribution in [0.15, 0.2) is 35.2 Å². The van der Waals surface area contributed by atoms with Gasteiger partial charge in [0.1, 0.15) is 36.1 Å². The third kappa shape index (κ3) is 4.35. The predicted octanol–water partition coefficient (Wildman–Crippen LogP) is 2.98. The molecule has 0 amide bonds. The van der Waals surface area contributed by atoms with Gasteiger partial charge in [-0.15, -0.1) is 0 Å². The Balaban J connectivity index is 1.57. The van der Waals surface area contributed by atoms with Gasteiger partial charge in [0.15, 0.2) is 6.10 Å². The lowest BCUT2D eigenvalue weighted by molar-refractivity contribution is -0.229. The van der Waals surface area contributed by atoms with Crippen molar-refractivity contribution >= 4 is 23.9 Å². The summed E-state index contributed by atoms with van der Waals surface area (Å²) in [5.74, 6) is -4.95. The minimum atomic E-state index is -1.99. The molecule has 4 heterocycles. The van der Waals surface area contributed by atoms with Crippen LogP contribution in [0.3, 0.4) is 0 Å². The summed E-state index contributed by atoms with van der Waals surface area (Å²) in [6, 6.07) is 1.74. The number of rotatable bonds is 6. The summed E-state index contributed by atoms with van der Waals surface area (Å²) in [7, 11) is 0. The fourth-order valence-electron chi connectivity index (χ4n) is 9.61. The largest absolute Gasteiger partial charge is 0.472 e. The van der Waals surface area contributed by atoms with Crippen LogP contribution < -0.4 is 0 Å². The van der Waals surface area contributed by atoms with E-state index in [1.54, 1.807) is 26.8 Å². The molecule has 1 aromatic rings. The normalized spacial score (nSPS) is 44.3. The van der Waals surface area contributed by atoms with Crippen molar-refractivity contribution in [3.63, 3.8) is 0 Å². The highest BCUT2D eigenvalue weighted by atomic mass is 16.6. The topological polar surface area (TPSA) is 168 Å². The molecule has 13 atom stereocenters. The molecule has 2 N–H and O–H groups in total. The summed E-state index contributed by atoms with van der Waals surface area (Å²) in [4.78, 5) is 52.3. The molecule has 2 saturated carbocycles. The summed E-state index contributed by atoms with van der Waals surface area (Å²) in [5, 5.41) is 24.1. The summed E-state index contributed by atoms with van der Waals surface area (Å²) in [5.41, 5.74) is -4.72. The second kappa shape index (κ2) is 10.9. The van der Waals surface area contributed by atoms with Gasteiger partial charge in [0.05, 0.1) is 36.9 Å². The van der Waals surface area contributed by atoms with E-state index in [0.29, 0.717) is 12.0 Å². The summed E-state index contributed by atoms with van der Waals surface area (Å²) >= 11 is 0. The van der Waals surface area contributed by atoms with Crippen molar-refractivity contribution in [1.82, 2.24) is 0 Å². The number of fused-ring (bicyclic) bond motifs is 6. The van der Waals surface area contributed by atoms with Crippen LogP contribution >= 0.6 is 0 Å². The first-order chi connectivity index (χ1) is 21.5. The maximum Gasteiger partial charge on any atom is 0.335 e. The molecular formula is C34H44O12. The minimum absolute atomic E-state index is 0.0888. The Morgan fingerprint density at radius 3 is 2.50 bits per heavy atom. The fraction of sp³-hybridized carbons (Fsp3) is 0.706. The monoisotopic (exact) mass is 644 g/mol. The molecule has 0 bridgehead atoms. The highest BCUT2D eigenvalue weighted by molar-refractivity contribution is 5.76. The SMILES string of the molecule is C=C1C2C(OC3CC(=O)OC4(C)COC(=O)CC4C32C)C(OC(=O)C(O)C(C)CC)C2(C)C(c3ccoc3)CC(OC(C)=O)C12O. The van der Waals surface area contributed by atoms with E-state index in [9.17, 15) is 29.4 Å². The van der Waals surface area contributed by atoms with E-state index in [-0.39, 0.29) is 31.4 Å². The van der Waals surface area contributed by atoms with E-state index < -0.39 is 100 Å². The molecule has 5 aliphatic rings. The van der Waals surface area contributed by atoms with Crippen LogP contribution in [-0.4, -0.2) is 82.4 Å². The Morgan fingerprint density at radius 1 is 1.15 bits per heavy atom. The lowest BCUT2D eigenvalue weighted by atomic mass is 9.48. The second-order valence-corrected chi connectivity index (χ2v) is 14.5. The van der Waals surface area contributed by atoms with Gasteiger partial charge < -0.3 is 38.3 Å². The van der Waals surface area contributed by atoms with Gasteiger partial charge in [-0.05, 0) is 36.5 Å². The standard InChI is InChI=1S/C34H44O12/c1-8-16(2)27(38)30(39)45-29-28-26(32(6)21-12-24(36)42-15-31(21,5)46-25(37)13-22(32)44-28)17(3)34(40)23(43-18(4)35)11-20(33(29,34)7)19-9-10-41-14-19/h9-10,14,16,20-23,26-29,38,40H,3,8,11-13,15H2,1-2,4-7H3. The van der Waals surface area contributed by atoms with Crippen molar-refractivity contribution in [3.05, 3.63) is 36.3 Å². The highest BCUT2D eigenvalue weighted by Gasteiger charge is 2.80. The van der Waals surface area contributed by atoms with E-state index in [4.69, 9.17) is 28.1 Å². The van der Waals surface area contributed by atoms with Crippen molar-refractivity contribution in [3.8, 4) is 0 Å². The first-order valence-corrected chi connectivity index (χ1v) is 16.1. The van der Waals surface area contributed by atoms with Crippen LogP contribution in [0.1, 0.15) is 78.7 Å². The Bertz CT molecular complexity index is 1440. The quantitative estimate of drug-likeness (QED) is 0.264. The van der Waals surface area contributed by atoms with Gasteiger partial charge in [-0.1, -0.05) is 40.7 Å². The third-order valence-corrected chi connectivity index (χ3v) is 12.2. The lowest BCUT2D eigenvalue weighted by Crippen LogP contribution is -2.69. The Morgan fingerprint density at radius 2 is 1.87 bits per heavy atom. The van der Waals surface area contributed by atoms with E-state index in [1.807, 2.05) is 13.8 Å². The van der Waals surface area contributed by atoms with Gasteiger partial charge in [0.2, 0.25) is 0 Å². The van der Waals surface area contributed by atoms with Crippen molar-refractivity contribution < 1.29 is 57.5 Å². The number of hydrogen-bond donors (Lipinski definition) is 2. The predicted molar refractivity (Wildman–Crippen MR) is 158 cm³/mol. The highest BCUT2D eigenvalue weighted by Crippen LogP contribution is 2.72. The number of esters is 4. The van der Waals surface area contributed by atoms with Gasteiger partial charge in [-0.3, -0.25) is 14.4 Å². The Kier molecular flexibility index (Phi) is 7.76. The molecule has 252 valence electrons. The zero-order valence-corrected chi connectivity index (χ0v) is 27.1. The Hall–Kier alpha value is -3.22. The molecule has 3 aliphatic heterocycles. The average molecular weight is 645 g/mol. The third-order valence-electron chi connectivity index (χ3n) is 12.2. The van der Waals surface area contributed by atoms with E-state index >= 15 is 0 Å². The van der Waals surface area contributed by atoms with Crippen LogP contribution in [0.4, 0.5) is 0 Å². The molecule has 0 spiro atoms. The lowest BCUT2D eigenvalue weighted by Gasteiger charge is -2.59. The van der Waals surface area contributed by atoms with Crippen molar-refractivity contribution in [1.29, 1.82) is 0 Å². The van der Waals surface area contributed by atoms with Crippen molar-refractivity contribution in [2.24, 2.45) is 28.6 Å². The molecule has 12 heteroatoms. The molecule has 1 aromatic heterocycles. The van der Waals surface area contributed by atoms with Crippen LogP contribution in [0.5, 0.6) is 0 Å². The molecule has 3 saturated heterocycles. The second-order valence-electron chi connectivity index (χ2n) is 14.5. The van der Waals surface area contributed by atoms with E-state index in [2.05, 4.69) is 6.58 Å². The number of ether oxygens (including phenoxy) is 5. The number of aliphatic hydroxyl groups is 2. The average Bonchev–Trinajstić information content (AvgIpc) is 3.66. The van der Waals surface area contributed by atoms with Crippen LogP contribution in [0.25, 0.3) is 0 Å². The van der Waals surface area contributed by atoms with Crippen molar-refractivity contribution in [2.75, 3.05) is 6.61 Å². The molecule has 5 fully saturated rings. The molecule has 0 aromatic carbocycles. The number of aliphatic hydroxyl groups excluding tert-OH is 1. The van der Waals surface area contributed by atoms with Gasteiger partial charge in [-0.25, -0.2) is 4.79 Å². The molecule has 6 rings (SSSR count). The summed E-state index contributed by atoms with van der Waals surface area (Å²) in [6.07, 6.45) is -2.16. The first kappa shape index (κ1) is 32.7. The fourth-order valence-corrected chi connectivity index (χ4v) is 9.61. The zero-order chi connectivity index (χ0) is 33.6.